The van der Waals surface area contributed by atoms with Crippen LogP contribution in [0.5, 0.6) is 5.75 Å². The number of carbonyl (C=O) groups excluding carboxylic acids is 2. The van der Waals surface area contributed by atoms with E-state index in [0.29, 0.717) is 31.6 Å². The highest BCUT2D eigenvalue weighted by molar-refractivity contribution is 5.80. The molecule has 3 rings (SSSR count). The first-order valence-electron chi connectivity index (χ1n) is 9.44. The summed E-state index contributed by atoms with van der Waals surface area (Å²) in [5.74, 6) is -0.957. The Morgan fingerprint density at radius 3 is 2.63 bits per heavy atom. The van der Waals surface area contributed by atoms with E-state index >= 15 is 0 Å². The highest BCUT2D eigenvalue weighted by Gasteiger charge is 2.45. The fraction of sp³-hybridized carbons (Fsp3) is 0.524. The Bertz CT molecular complexity index is 763. The van der Waals surface area contributed by atoms with Crippen molar-refractivity contribution in [2.75, 3.05) is 26.2 Å². The number of likely N-dealkylation sites (tertiary alicyclic amines) is 2. The third kappa shape index (κ3) is 4.49. The number of hydrogen-bond acceptors (Lipinski definition) is 3. The number of carbonyl (C=O) groups is 2. The summed E-state index contributed by atoms with van der Waals surface area (Å²) in [6, 6.07) is 4.04. The molecule has 146 valence electrons. The van der Waals surface area contributed by atoms with Gasteiger partial charge in [-0.05, 0) is 44.4 Å². The van der Waals surface area contributed by atoms with Gasteiger partial charge in [0, 0.05) is 38.0 Å². The van der Waals surface area contributed by atoms with Crippen molar-refractivity contribution in [3.8, 4) is 5.75 Å². The molecule has 0 atom stereocenters. The van der Waals surface area contributed by atoms with Crippen molar-refractivity contribution in [1.82, 2.24) is 9.80 Å². The molecule has 0 aliphatic carbocycles. The maximum absolute atomic E-state index is 13.4. The molecule has 2 fully saturated rings. The molecule has 1 N–H and O–H groups in total. The standard InChI is InChI=1S/C21H27FN2O3/c1-15(2)5-8-24-14-21(13-20(24)27)6-9-23(10-7-21)19(26)12-16-3-4-18(25)17(22)11-16/h3-5,11,25H,6-10,12-14H2,1-2H3. The average molecular weight is 374 g/mol. The largest absolute Gasteiger partial charge is 0.505 e. The van der Waals surface area contributed by atoms with E-state index in [1.165, 1.54) is 17.7 Å². The third-order valence-electron chi connectivity index (χ3n) is 5.67. The number of phenols is 1. The van der Waals surface area contributed by atoms with Crippen LogP contribution in [0, 0.1) is 11.2 Å². The van der Waals surface area contributed by atoms with Crippen LogP contribution in [0.15, 0.2) is 29.8 Å². The Hall–Kier alpha value is -2.37. The molecule has 1 aromatic carbocycles. The van der Waals surface area contributed by atoms with Gasteiger partial charge in [0.25, 0.3) is 0 Å². The third-order valence-corrected chi connectivity index (χ3v) is 5.67. The summed E-state index contributed by atoms with van der Waals surface area (Å²) in [6.45, 7) is 6.74. The van der Waals surface area contributed by atoms with Gasteiger partial charge in [-0.1, -0.05) is 17.7 Å². The second-order valence-corrected chi connectivity index (χ2v) is 8.08. The van der Waals surface area contributed by atoms with Crippen molar-refractivity contribution < 1.29 is 19.1 Å². The van der Waals surface area contributed by atoms with E-state index in [1.807, 2.05) is 18.7 Å². The van der Waals surface area contributed by atoms with Crippen LogP contribution in [0.4, 0.5) is 4.39 Å². The summed E-state index contributed by atoms with van der Waals surface area (Å²) in [5, 5.41) is 9.25. The van der Waals surface area contributed by atoms with Gasteiger partial charge in [-0.15, -0.1) is 0 Å². The van der Waals surface area contributed by atoms with Gasteiger partial charge in [0.1, 0.15) is 0 Å². The van der Waals surface area contributed by atoms with Gasteiger partial charge in [0.15, 0.2) is 11.6 Å². The summed E-state index contributed by atoms with van der Waals surface area (Å²) >= 11 is 0. The monoisotopic (exact) mass is 374 g/mol. The number of piperidine rings is 1. The van der Waals surface area contributed by atoms with E-state index in [4.69, 9.17) is 0 Å². The Morgan fingerprint density at radius 2 is 2.00 bits per heavy atom. The van der Waals surface area contributed by atoms with E-state index in [1.54, 1.807) is 11.0 Å². The SMILES string of the molecule is CC(C)=CCN1CC2(CCN(C(=O)Cc3ccc(O)c(F)c3)CC2)CC1=O. The summed E-state index contributed by atoms with van der Waals surface area (Å²) in [7, 11) is 0. The first-order valence-corrected chi connectivity index (χ1v) is 9.44. The fourth-order valence-corrected chi connectivity index (χ4v) is 3.95. The van der Waals surface area contributed by atoms with Crippen LogP contribution in [0.2, 0.25) is 0 Å². The van der Waals surface area contributed by atoms with Crippen molar-refractivity contribution >= 4 is 11.8 Å². The molecule has 2 aliphatic rings. The highest BCUT2D eigenvalue weighted by atomic mass is 19.1. The molecule has 27 heavy (non-hydrogen) atoms. The molecule has 1 spiro atoms. The number of aromatic hydroxyl groups is 1. The molecule has 2 amide bonds. The lowest BCUT2D eigenvalue weighted by Crippen LogP contribution is -2.44. The van der Waals surface area contributed by atoms with Crippen LogP contribution in [0.25, 0.3) is 0 Å². The minimum absolute atomic E-state index is 0.0198. The molecular formula is C21H27FN2O3. The van der Waals surface area contributed by atoms with Gasteiger partial charge < -0.3 is 14.9 Å². The molecule has 0 bridgehead atoms. The Kier molecular flexibility index (Phi) is 5.53. The van der Waals surface area contributed by atoms with Crippen molar-refractivity contribution in [2.24, 2.45) is 5.41 Å². The van der Waals surface area contributed by atoms with Gasteiger partial charge in [0.05, 0.1) is 6.42 Å². The molecule has 2 aliphatic heterocycles. The van der Waals surface area contributed by atoms with Crippen molar-refractivity contribution in [3.63, 3.8) is 0 Å². The second kappa shape index (κ2) is 7.71. The number of phenolic OH excluding ortho intramolecular Hbond substituents is 1. The number of rotatable bonds is 4. The van der Waals surface area contributed by atoms with Gasteiger partial charge >= 0.3 is 0 Å². The normalized spacial score (nSPS) is 18.9. The van der Waals surface area contributed by atoms with E-state index < -0.39 is 11.6 Å². The molecule has 2 saturated heterocycles. The van der Waals surface area contributed by atoms with Gasteiger partial charge in [-0.3, -0.25) is 9.59 Å². The molecule has 0 saturated carbocycles. The van der Waals surface area contributed by atoms with Crippen molar-refractivity contribution in [3.05, 3.63) is 41.2 Å². The van der Waals surface area contributed by atoms with E-state index in [-0.39, 0.29) is 23.7 Å². The molecule has 0 radical (unpaired) electrons. The summed E-state index contributed by atoms with van der Waals surface area (Å²) in [4.78, 5) is 28.6. The molecule has 2 heterocycles. The molecule has 0 aromatic heterocycles. The van der Waals surface area contributed by atoms with Crippen LogP contribution in [-0.2, 0) is 16.0 Å². The van der Waals surface area contributed by atoms with Gasteiger partial charge in [-0.2, -0.15) is 0 Å². The highest BCUT2D eigenvalue weighted by Crippen LogP contribution is 2.41. The van der Waals surface area contributed by atoms with E-state index in [0.717, 1.165) is 19.4 Å². The smallest absolute Gasteiger partial charge is 0.226 e. The van der Waals surface area contributed by atoms with E-state index in [2.05, 4.69) is 6.08 Å². The zero-order valence-electron chi connectivity index (χ0n) is 16.0. The molecule has 0 unspecified atom stereocenters. The quantitative estimate of drug-likeness (QED) is 0.825. The van der Waals surface area contributed by atoms with Crippen molar-refractivity contribution in [2.45, 2.75) is 39.5 Å². The summed E-state index contributed by atoms with van der Waals surface area (Å²) < 4.78 is 13.4. The van der Waals surface area contributed by atoms with Crippen LogP contribution in [0.3, 0.4) is 0 Å². The van der Waals surface area contributed by atoms with Crippen LogP contribution in [-0.4, -0.2) is 52.9 Å². The Balaban J connectivity index is 1.55. The predicted octanol–water partition coefficient (Wildman–Crippen LogP) is 2.88. The maximum Gasteiger partial charge on any atom is 0.226 e. The molecule has 5 nitrogen and oxygen atoms in total. The maximum atomic E-state index is 13.4. The number of nitrogens with zero attached hydrogens (tertiary/aromatic N) is 2. The lowest BCUT2D eigenvalue weighted by Gasteiger charge is -2.38. The Labute approximate surface area is 159 Å². The van der Waals surface area contributed by atoms with Crippen LogP contribution < -0.4 is 0 Å². The van der Waals surface area contributed by atoms with Crippen molar-refractivity contribution in [1.29, 1.82) is 0 Å². The molecule has 1 aromatic rings. The Morgan fingerprint density at radius 1 is 1.30 bits per heavy atom. The topological polar surface area (TPSA) is 60.9 Å². The van der Waals surface area contributed by atoms with Gasteiger partial charge in [-0.25, -0.2) is 4.39 Å². The first-order chi connectivity index (χ1) is 12.8. The summed E-state index contributed by atoms with van der Waals surface area (Å²) in [6.07, 6.45) is 4.40. The number of amides is 2. The number of hydrogen-bond donors (Lipinski definition) is 1. The molecular weight excluding hydrogens is 347 g/mol. The van der Waals surface area contributed by atoms with Crippen LogP contribution in [0.1, 0.15) is 38.7 Å². The number of benzene rings is 1. The minimum Gasteiger partial charge on any atom is -0.505 e. The average Bonchev–Trinajstić information content (AvgIpc) is 2.92. The number of halogens is 1. The van der Waals surface area contributed by atoms with E-state index in [9.17, 15) is 19.1 Å². The summed E-state index contributed by atoms with van der Waals surface area (Å²) in [5.41, 5.74) is 1.74. The second-order valence-electron chi connectivity index (χ2n) is 8.08. The lowest BCUT2D eigenvalue weighted by atomic mass is 9.77. The predicted molar refractivity (Wildman–Crippen MR) is 101 cm³/mol. The number of allylic oxidation sites excluding steroid dienone is 1. The molecule has 6 heteroatoms. The zero-order chi connectivity index (χ0) is 19.6. The first kappa shape index (κ1) is 19.4. The van der Waals surface area contributed by atoms with Gasteiger partial charge in [0.2, 0.25) is 11.8 Å². The minimum atomic E-state index is -0.709. The fourth-order valence-electron chi connectivity index (χ4n) is 3.95. The van der Waals surface area contributed by atoms with Crippen LogP contribution >= 0.6 is 0 Å². The lowest BCUT2D eigenvalue weighted by molar-refractivity contribution is -0.132. The zero-order valence-corrected chi connectivity index (χ0v) is 16.0.